The molecule has 0 aliphatic rings. The van der Waals surface area contributed by atoms with Crippen LogP contribution in [0, 0.1) is 19.8 Å². The Hall–Kier alpha value is -1.36. The maximum absolute atomic E-state index is 12.4. The molecule has 0 aliphatic heterocycles. The van der Waals surface area contributed by atoms with Crippen molar-refractivity contribution in [1.82, 2.24) is 0 Å². The van der Waals surface area contributed by atoms with Crippen molar-refractivity contribution >= 4 is 15.8 Å². The summed E-state index contributed by atoms with van der Waals surface area (Å²) in [4.78, 5) is 11.7. The van der Waals surface area contributed by atoms with Crippen molar-refractivity contribution in [3.8, 4) is 0 Å². The minimum atomic E-state index is -3.53. The highest BCUT2D eigenvalue weighted by molar-refractivity contribution is 7.92. The molecule has 0 aliphatic carbocycles. The highest BCUT2D eigenvalue weighted by Gasteiger charge is 2.33. The molecule has 0 spiro atoms. The molecular formula is C14H20O4S. The van der Waals surface area contributed by atoms with Crippen LogP contribution < -0.4 is 0 Å². The van der Waals surface area contributed by atoms with E-state index >= 15 is 0 Å². The van der Waals surface area contributed by atoms with E-state index in [-0.39, 0.29) is 4.90 Å². The second-order valence-electron chi connectivity index (χ2n) is 4.81. The Bertz CT molecular complexity index is 575. The molecule has 0 heterocycles. The number of hydrogen-bond donors (Lipinski definition) is 0. The van der Waals surface area contributed by atoms with Gasteiger partial charge in [-0.3, -0.25) is 4.79 Å². The molecule has 0 saturated carbocycles. The first-order valence-corrected chi connectivity index (χ1v) is 7.65. The summed E-state index contributed by atoms with van der Waals surface area (Å²) < 4.78 is 29.5. The average molecular weight is 284 g/mol. The van der Waals surface area contributed by atoms with Gasteiger partial charge in [0.15, 0.2) is 9.84 Å². The van der Waals surface area contributed by atoms with Gasteiger partial charge in [-0.2, -0.15) is 0 Å². The van der Waals surface area contributed by atoms with Gasteiger partial charge in [0.05, 0.1) is 23.2 Å². The molecule has 106 valence electrons. The molecule has 5 heteroatoms. The van der Waals surface area contributed by atoms with Gasteiger partial charge in [-0.05, 0) is 44.0 Å². The molecule has 0 bridgehead atoms. The van der Waals surface area contributed by atoms with Crippen LogP contribution in [0.15, 0.2) is 23.1 Å². The van der Waals surface area contributed by atoms with Gasteiger partial charge in [-0.1, -0.05) is 13.0 Å². The zero-order valence-corrected chi connectivity index (χ0v) is 12.7. The lowest BCUT2D eigenvalue weighted by atomic mass is 10.1. The van der Waals surface area contributed by atoms with E-state index in [1.54, 1.807) is 25.1 Å². The van der Waals surface area contributed by atoms with E-state index in [9.17, 15) is 13.2 Å². The molecule has 0 fully saturated rings. The predicted octanol–water partition coefficient (Wildman–Crippen LogP) is 2.27. The summed E-state index contributed by atoms with van der Waals surface area (Å²) in [5.74, 6) is -1.21. The fraction of sp³-hybridized carbons (Fsp3) is 0.500. The van der Waals surface area contributed by atoms with E-state index in [1.807, 2.05) is 13.8 Å². The average Bonchev–Trinajstić information content (AvgIpc) is 2.38. The van der Waals surface area contributed by atoms with Gasteiger partial charge in [-0.15, -0.1) is 0 Å². The second-order valence-corrected chi connectivity index (χ2v) is 7.11. The summed E-state index contributed by atoms with van der Waals surface area (Å²) in [6.07, 6.45) is 0. The summed E-state index contributed by atoms with van der Waals surface area (Å²) in [5, 5.41) is -0.818. The third-order valence-corrected chi connectivity index (χ3v) is 5.87. The topological polar surface area (TPSA) is 60.4 Å². The van der Waals surface area contributed by atoms with Crippen molar-refractivity contribution in [2.45, 2.75) is 37.8 Å². The molecule has 19 heavy (non-hydrogen) atoms. The van der Waals surface area contributed by atoms with Crippen LogP contribution >= 0.6 is 0 Å². The number of methoxy groups -OCH3 is 1. The van der Waals surface area contributed by atoms with Crippen LogP contribution in [0.1, 0.15) is 25.0 Å². The monoisotopic (exact) mass is 284 g/mol. The van der Waals surface area contributed by atoms with Gasteiger partial charge in [0.2, 0.25) is 0 Å². The fourth-order valence-electron chi connectivity index (χ4n) is 1.75. The largest absolute Gasteiger partial charge is 0.469 e. The van der Waals surface area contributed by atoms with Crippen LogP contribution in [0.4, 0.5) is 0 Å². The Balaban J connectivity index is 3.16. The molecule has 0 amide bonds. The molecule has 0 N–H and O–H groups in total. The Morgan fingerprint density at radius 3 is 2.21 bits per heavy atom. The van der Waals surface area contributed by atoms with Crippen molar-refractivity contribution in [2.24, 2.45) is 5.92 Å². The van der Waals surface area contributed by atoms with Crippen LogP contribution in [0.3, 0.4) is 0 Å². The van der Waals surface area contributed by atoms with E-state index in [2.05, 4.69) is 4.74 Å². The number of carbonyl (C=O) groups is 1. The van der Waals surface area contributed by atoms with E-state index in [0.29, 0.717) is 0 Å². The summed E-state index contributed by atoms with van der Waals surface area (Å²) in [6, 6.07) is 5.00. The molecule has 0 radical (unpaired) electrons. The van der Waals surface area contributed by atoms with Gasteiger partial charge in [0.1, 0.15) is 0 Å². The smallest absolute Gasteiger partial charge is 0.309 e. The molecule has 4 nitrogen and oxygen atoms in total. The van der Waals surface area contributed by atoms with Gasteiger partial charge in [0.25, 0.3) is 0 Å². The van der Waals surface area contributed by atoms with Gasteiger partial charge < -0.3 is 4.74 Å². The Kier molecular flexibility index (Phi) is 4.74. The molecular weight excluding hydrogens is 264 g/mol. The minimum Gasteiger partial charge on any atom is -0.469 e. The number of aryl methyl sites for hydroxylation is 2. The first-order valence-electron chi connectivity index (χ1n) is 6.10. The minimum absolute atomic E-state index is 0.249. The van der Waals surface area contributed by atoms with E-state index in [4.69, 9.17) is 0 Å². The van der Waals surface area contributed by atoms with Crippen LogP contribution in [0.2, 0.25) is 0 Å². The normalized spacial score (nSPS) is 14.8. The third-order valence-electron chi connectivity index (χ3n) is 3.57. The van der Waals surface area contributed by atoms with E-state index in [0.717, 1.165) is 11.1 Å². The van der Waals surface area contributed by atoms with Crippen LogP contribution in [-0.2, 0) is 19.4 Å². The number of sulfone groups is 1. The number of esters is 1. The Morgan fingerprint density at radius 2 is 1.74 bits per heavy atom. The highest BCUT2D eigenvalue weighted by atomic mass is 32.2. The molecule has 0 aromatic heterocycles. The molecule has 2 atom stereocenters. The van der Waals surface area contributed by atoms with Crippen LogP contribution in [-0.4, -0.2) is 26.7 Å². The summed E-state index contributed by atoms with van der Waals surface area (Å²) in [5.41, 5.74) is 1.95. The first kappa shape index (κ1) is 15.7. The third kappa shape index (κ3) is 3.15. The first-order chi connectivity index (χ1) is 8.71. The van der Waals surface area contributed by atoms with Gasteiger partial charge >= 0.3 is 5.97 Å². The SMILES string of the molecule is COC(=O)C(C)C(C)S(=O)(=O)c1ccc(C)c(C)c1. The Labute approximate surface area is 114 Å². The van der Waals surface area contributed by atoms with Crippen LogP contribution in [0.25, 0.3) is 0 Å². The van der Waals surface area contributed by atoms with Gasteiger partial charge in [-0.25, -0.2) is 8.42 Å². The lowest BCUT2D eigenvalue weighted by molar-refractivity contribution is -0.144. The lowest BCUT2D eigenvalue weighted by Crippen LogP contribution is -2.31. The van der Waals surface area contributed by atoms with Crippen LogP contribution in [0.5, 0.6) is 0 Å². The molecule has 1 aromatic rings. The van der Waals surface area contributed by atoms with Crippen molar-refractivity contribution in [3.63, 3.8) is 0 Å². The zero-order chi connectivity index (χ0) is 14.8. The number of benzene rings is 1. The summed E-state index contributed by atoms with van der Waals surface area (Å²) in [7, 11) is -2.28. The zero-order valence-electron chi connectivity index (χ0n) is 11.9. The number of carbonyl (C=O) groups excluding carboxylic acids is 1. The quantitative estimate of drug-likeness (QED) is 0.796. The van der Waals surface area contributed by atoms with Crippen molar-refractivity contribution in [2.75, 3.05) is 7.11 Å². The predicted molar refractivity (Wildman–Crippen MR) is 73.7 cm³/mol. The number of hydrogen-bond acceptors (Lipinski definition) is 4. The highest BCUT2D eigenvalue weighted by Crippen LogP contribution is 2.24. The van der Waals surface area contributed by atoms with Crippen molar-refractivity contribution < 1.29 is 17.9 Å². The molecule has 1 rings (SSSR count). The maximum atomic E-state index is 12.4. The fourth-order valence-corrected chi connectivity index (χ4v) is 3.43. The maximum Gasteiger partial charge on any atom is 0.309 e. The molecule has 1 aromatic carbocycles. The number of rotatable bonds is 4. The number of ether oxygens (including phenoxy) is 1. The van der Waals surface area contributed by atoms with E-state index < -0.39 is 27.0 Å². The molecule has 2 unspecified atom stereocenters. The van der Waals surface area contributed by atoms with Gasteiger partial charge in [0, 0.05) is 0 Å². The van der Waals surface area contributed by atoms with E-state index in [1.165, 1.54) is 14.0 Å². The summed E-state index contributed by atoms with van der Waals surface area (Å²) in [6.45, 7) is 6.89. The van der Waals surface area contributed by atoms with Crippen molar-refractivity contribution in [1.29, 1.82) is 0 Å². The van der Waals surface area contributed by atoms with Crippen molar-refractivity contribution in [3.05, 3.63) is 29.3 Å². The second kappa shape index (κ2) is 5.74. The Morgan fingerprint density at radius 1 is 1.16 bits per heavy atom. The molecule has 0 saturated heterocycles. The lowest BCUT2D eigenvalue weighted by Gasteiger charge is -2.18. The summed E-state index contributed by atoms with van der Waals surface area (Å²) >= 11 is 0. The standard InChI is InChI=1S/C14H20O4S/c1-9-6-7-13(8-10(9)2)19(16,17)12(4)11(3)14(15)18-5/h6-8,11-12H,1-5H3.